The second-order valence-corrected chi connectivity index (χ2v) is 5.20. The molecule has 0 saturated carbocycles. The molecule has 7 nitrogen and oxygen atoms in total. The van der Waals surface area contributed by atoms with Crippen LogP contribution in [-0.4, -0.2) is 90.9 Å². The first-order valence-electron chi connectivity index (χ1n) is 8.32. The van der Waals surface area contributed by atoms with Crippen molar-refractivity contribution in [2.45, 2.75) is 19.9 Å². The first-order valence-corrected chi connectivity index (χ1v) is 8.77. The molecule has 1 rings (SSSR count). The van der Waals surface area contributed by atoms with Crippen molar-refractivity contribution in [2.24, 2.45) is 4.99 Å². The van der Waals surface area contributed by atoms with E-state index in [-0.39, 0.29) is 51.4 Å². The fourth-order valence-corrected chi connectivity index (χ4v) is 1.67. The van der Waals surface area contributed by atoms with Crippen LogP contribution in [0.2, 0.25) is 0 Å². The zero-order valence-corrected chi connectivity index (χ0v) is 19.9. The van der Waals surface area contributed by atoms with E-state index >= 15 is 0 Å². The van der Waals surface area contributed by atoms with Crippen LogP contribution in [0.3, 0.4) is 0 Å². The van der Waals surface area contributed by atoms with Gasteiger partial charge in [0, 0.05) is 0 Å². The second kappa shape index (κ2) is 25.3. The van der Waals surface area contributed by atoms with Gasteiger partial charge in [-0.2, -0.15) is 0 Å². The molecule has 1 fully saturated rings. The first-order chi connectivity index (χ1) is 11.8. The molecule has 0 spiro atoms. The first kappa shape index (κ1) is 28.5. The molecule has 1 saturated heterocycles. The maximum Gasteiger partial charge on any atom is 1.00 e. The topological polar surface area (TPSA) is 67.7 Å². The van der Waals surface area contributed by atoms with Crippen molar-refractivity contribution in [3.8, 4) is 0 Å². The molecule has 0 aromatic carbocycles. The molecule has 9 heteroatoms. The van der Waals surface area contributed by atoms with Crippen LogP contribution in [0.1, 0.15) is 13.8 Å². The summed E-state index contributed by atoms with van der Waals surface area (Å²) >= 11 is 0. The molecule has 0 amide bonds. The van der Waals surface area contributed by atoms with Crippen LogP contribution in [0, 0.1) is 0 Å². The summed E-state index contributed by atoms with van der Waals surface area (Å²) in [5, 5.41) is 0. The summed E-state index contributed by atoms with van der Waals surface area (Å²) in [7, 11) is 3.64. The van der Waals surface area contributed by atoms with Crippen LogP contribution in [0.4, 0.5) is 0 Å². The van der Waals surface area contributed by atoms with E-state index in [1.54, 1.807) is 0 Å². The maximum absolute atomic E-state index is 5.33. The van der Waals surface area contributed by atoms with Gasteiger partial charge in [-0.05, 0) is 13.8 Å². The molecule has 0 unspecified atom stereocenters. The van der Waals surface area contributed by atoms with Crippen molar-refractivity contribution >= 4 is 14.5 Å². The number of ether oxygens (including phenoxy) is 6. The van der Waals surface area contributed by atoms with Gasteiger partial charge < -0.3 is 37.3 Å². The largest absolute Gasteiger partial charge is 1.00 e. The van der Waals surface area contributed by atoms with E-state index in [1.165, 1.54) is 0 Å². The van der Waals surface area contributed by atoms with E-state index < -0.39 is 0 Å². The van der Waals surface area contributed by atoms with Crippen molar-refractivity contribution in [3.63, 3.8) is 0 Å². The van der Waals surface area contributed by atoms with E-state index in [4.69, 9.17) is 28.4 Å². The smallest absolute Gasteiger partial charge is 0.649 e. The number of hydrogen-bond donors (Lipinski definition) is 0. The van der Waals surface area contributed by atoms with E-state index in [2.05, 4.69) is 19.4 Å². The van der Waals surface area contributed by atoms with Crippen LogP contribution >= 0.6 is 8.86 Å². The molecule has 0 N–H and O–H groups in total. The number of hydrogen-bond acceptors (Lipinski definition) is 7. The third kappa shape index (κ3) is 27.6. The summed E-state index contributed by atoms with van der Waals surface area (Å²) in [6, 6.07) is 0.336. The second-order valence-electron chi connectivity index (χ2n) is 5.00. The van der Waals surface area contributed by atoms with E-state index in [9.17, 15) is 0 Å². The van der Waals surface area contributed by atoms with E-state index in [0.29, 0.717) is 85.3 Å². The fraction of sp³-hybridized carbons (Fsp3) is 0.938. The quantitative estimate of drug-likeness (QED) is 0.312. The number of rotatable bonds is 1. The number of nitrogens with zero attached hydrogens (tertiary/aromatic N) is 1. The minimum atomic E-state index is 0. The van der Waals surface area contributed by atoms with Crippen molar-refractivity contribution in [2.75, 3.05) is 79.3 Å². The molecular formula is C16H31KNO6P. The molecule has 142 valence electrons. The third-order valence-electron chi connectivity index (χ3n) is 2.55. The Hall–Kier alpha value is 1.28. The van der Waals surface area contributed by atoms with Gasteiger partial charge >= 0.3 is 51.4 Å². The molecule has 0 aromatic heterocycles. The molecule has 0 aliphatic carbocycles. The predicted octanol–water partition coefficient (Wildman–Crippen LogP) is -1.19. The molecular weight excluding hydrogens is 372 g/mol. The Bertz CT molecular complexity index is 231. The van der Waals surface area contributed by atoms with Gasteiger partial charge in [0.1, 0.15) is 0 Å². The van der Waals surface area contributed by atoms with E-state index in [0.717, 1.165) is 0 Å². The van der Waals surface area contributed by atoms with Crippen molar-refractivity contribution in [1.82, 2.24) is 0 Å². The Balaban J connectivity index is 0. The molecule has 0 bridgehead atoms. The molecule has 1 aliphatic rings. The normalized spacial score (nSPS) is 19.2. The van der Waals surface area contributed by atoms with E-state index in [1.807, 2.05) is 13.8 Å². The monoisotopic (exact) mass is 403 g/mol. The minimum Gasteiger partial charge on any atom is -0.649 e. The van der Waals surface area contributed by atoms with Gasteiger partial charge in [0.15, 0.2) is 0 Å². The SMILES string of the molecule is C1COCCOCCOCCOCCOCCO1.CC(C)N=C=[P-].[K+]. The summed E-state index contributed by atoms with van der Waals surface area (Å²) in [5.74, 6) is 0. The predicted molar refractivity (Wildman–Crippen MR) is 94.4 cm³/mol. The van der Waals surface area contributed by atoms with Gasteiger partial charge in [-0.15, -0.1) is 0 Å². The summed E-state index contributed by atoms with van der Waals surface area (Å²) in [4.78, 5) is 3.74. The average molecular weight is 403 g/mol. The third-order valence-corrected chi connectivity index (χ3v) is 2.66. The van der Waals surface area contributed by atoms with Crippen LogP contribution < -0.4 is 51.4 Å². The van der Waals surface area contributed by atoms with Crippen molar-refractivity contribution < 1.29 is 79.8 Å². The van der Waals surface area contributed by atoms with Gasteiger partial charge in [-0.1, -0.05) is 0 Å². The zero-order chi connectivity index (χ0) is 17.7. The van der Waals surface area contributed by atoms with Crippen LogP contribution in [0.25, 0.3) is 0 Å². The summed E-state index contributed by atoms with van der Waals surface area (Å²) in [6.45, 7) is 11.0. The van der Waals surface area contributed by atoms with Crippen molar-refractivity contribution in [1.29, 1.82) is 0 Å². The zero-order valence-electron chi connectivity index (χ0n) is 15.9. The number of aliphatic imine (C=N–C) groups is 1. The van der Waals surface area contributed by atoms with Gasteiger partial charge in [-0.3, -0.25) is 4.99 Å². The standard InChI is InChI=1S/C12H24O6.C4H7NP.K/c1-2-14-5-6-16-9-10-18-12-11-17-8-7-15-4-3-13-1;1-4(2)5-3-6;/h1-12H2;4H,1-2H3;/q;-1;+1. The Morgan fingerprint density at radius 2 is 0.800 bits per heavy atom. The Morgan fingerprint density at radius 3 is 0.880 bits per heavy atom. The Morgan fingerprint density at radius 1 is 0.600 bits per heavy atom. The summed E-state index contributed by atoms with van der Waals surface area (Å²) in [6.07, 6.45) is 0. The fourth-order valence-electron chi connectivity index (χ4n) is 1.43. The molecule has 0 aromatic rings. The average Bonchev–Trinajstić information content (AvgIpc) is 2.55. The molecule has 1 aliphatic heterocycles. The molecule has 0 radical (unpaired) electrons. The minimum absolute atomic E-state index is 0. The van der Waals surface area contributed by atoms with Gasteiger partial charge in [0.05, 0.1) is 85.3 Å². The van der Waals surface area contributed by atoms with Crippen LogP contribution in [0.5, 0.6) is 0 Å². The van der Waals surface area contributed by atoms with Crippen LogP contribution in [0.15, 0.2) is 4.99 Å². The Labute approximate surface area is 196 Å². The molecule has 1 heterocycles. The van der Waals surface area contributed by atoms with Gasteiger partial charge in [0.25, 0.3) is 0 Å². The molecule has 25 heavy (non-hydrogen) atoms. The summed E-state index contributed by atoms with van der Waals surface area (Å²) < 4.78 is 32.0. The van der Waals surface area contributed by atoms with Gasteiger partial charge in [-0.25, -0.2) is 5.59 Å². The van der Waals surface area contributed by atoms with Crippen LogP contribution in [-0.2, 0) is 28.4 Å². The van der Waals surface area contributed by atoms with Gasteiger partial charge in [0.2, 0.25) is 0 Å². The maximum atomic E-state index is 5.33. The molecule has 0 atom stereocenters. The summed E-state index contributed by atoms with van der Waals surface area (Å²) in [5.41, 5.74) is 2.39. The van der Waals surface area contributed by atoms with Crippen molar-refractivity contribution in [3.05, 3.63) is 0 Å². The Kier molecular flexibility index (Phi) is 28.8.